The number of aryl methyl sites for hydroxylation is 1. The maximum Gasteiger partial charge on any atom is 0.287 e. The molecule has 35 heavy (non-hydrogen) atoms. The van der Waals surface area contributed by atoms with Crippen LogP contribution in [0.3, 0.4) is 0 Å². The van der Waals surface area contributed by atoms with Crippen LogP contribution in [-0.2, 0) is 9.59 Å². The van der Waals surface area contributed by atoms with Crippen LogP contribution in [0.15, 0.2) is 71.3 Å². The molecule has 1 aliphatic rings. The van der Waals surface area contributed by atoms with Gasteiger partial charge in [0.05, 0.1) is 12.8 Å². The van der Waals surface area contributed by atoms with Gasteiger partial charge in [0.1, 0.15) is 11.9 Å². The number of carbonyl (C=O) groups excluding carboxylic acids is 3. The molecule has 0 spiro atoms. The van der Waals surface area contributed by atoms with E-state index in [0.29, 0.717) is 5.69 Å². The molecule has 0 bridgehead atoms. The van der Waals surface area contributed by atoms with Gasteiger partial charge in [0.25, 0.3) is 5.91 Å². The van der Waals surface area contributed by atoms with E-state index in [9.17, 15) is 14.4 Å². The SMILES string of the molecule is Cc1ccc(N(C(=O)CNC(=O)c2ccco2)[C@@H](C(=O)NC2CCCC2)c2ccccc2F)cc1. The molecule has 1 fully saturated rings. The summed E-state index contributed by atoms with van der Waals surface area (Å²) < 4.78 is 20.1. The molecule has 2 N–H and O–H groups in total. The Bertz CT molecular complexity index is 1170. The second-order valence-corrected chi connectivity index (χ2v) is 8.67. The number of amides is 3. The molecule has 1 aliphatic carbocycles. The quantitative estimate of drug-likeness (QED) is 0.506. The van der Waals surface area contributed by atoms with Crippen molar-refractivity contribution in [2.45, 2.75) is 44.7 Å². The fourth-order valence-electron chi connectivity index (χ4n) is 4.32. The fourth-order valence-corrected chi connectivity index (χ4v) is 4.32. The highest BCUT2D eigenvalue weighted by Crippen LogP contribution is 2.31. The first-order chi connectivity index (χ1) is 16.9. The van der Waals surface area contributed by atoms with Crippen LogP contribution >= 0.6 is 0 Å². The largest absolute Gasteiger partial charge is 0.459 e. The van der Waals surface area contributed by atoms with Crippen molar-refractivity contribution >= 4 is 23.4 Å². The van der Waals surface area contributed by atoms with E-state index in [1.165, 1.54) is 35.4 Å². The Labute approximate surface area is 203 Å². The van der Waals surface area contributed by atoms with E-state index in [1.54, 1.807) is 24.3 Å². The molecule has 1 aromatic heterocycles. The van der Waals surface area contributed by atoms with Crippen LogP contribution in [0.2, 0.25) is 0 Å². The molecule has 7 nitrogen and oxygen atoms in total. The van der Waals surface area contributed by atoms with Crippen LogP contribution < -0.4 is 15.5 Å². The van der Waals surface area contributed by atoms with Gasteiger partial charge < -0.3 is 15.1 Å². The minimum absolute atomic E-state index is 0.0228. The van der Waals surface area contributed by atoms with Crippen molar-refractivity contribution in [3.8, 4) is 0 Å². The number of carbonyl (C=O) groups is 3. The van der Waals surface area contributed by atoms with Gasteiger partial charge in [-0.05, 0) is 50.1 Å². The first-order valence-corrected chi connectivity index (χ1v) is 11.7. The molecule has 1 saturated carbocycles. The lowest BCUT2D eigenvalue weighted by molar-refractivity contribution is -0.126. The molecule has 0 radical (unpaired) electrons. The number of furan rings is 1. The minimum atomic E-state index is -1.26. The number of hydrogen-bond acceptors (Lipinski definition) is 4. The van der Waals surface area contributed by atoms with Gasteiger partial charge in [0.2, 0.25) is 11.8 Å². The van der Waals surface area contributed by atoms with Crippen LogP contribution in [-0.4, -0.2) is 30.3 Å². The topological polar surface area (TPSA) is 91.7 Å². The van der Waals surface area contributed by atoms with E-state index < -0.39 is 36.1 Å². The third kappa shape index (κ3) is 5.77. The van der Waals surface area contributed by atoms with E-state index in [4.69, 9.17) is 4.42 Å². The molecule has 1 heterocycles. The number of rotatable bonds is 8. The van der Waals surface area contributed by atoms with Crippen LogP contribution in [0.5, 0.6) is 0 Å². The molecule has 2 aromatic carbocycles. The molecule has 0 saturated heterocycles. The van der Waals surface area contributed by atoms with Gasteiger partial charge in [-0.2, -0.15) is 0 Å². The van der Waals surface area contributed by atoms with Gasteiger partial charge in [-0.3, -0.25) is 19.3 Å². The number of benzene rings is 2. The Hall–Kier alpha value is -3.94. The Morgan fingerprint density at radius 1 is 1.03 bits per heavy atom. The average molecular weight is 478 g/mol. The molecule has 182 valence electrons. The Morgan fingerprint density at radius 2 is 1.74 bits per heavy atom. The Kier molecular flexibility index (Phi) is 7.60. The Morgan fingerprint density at radius 3 is 2.40 bits per heavy atom. The summed E-state index contributed by atoms with van der Waals surface area (Å²) in [4.78, 5) is 40.7. The van der Waals surface area contributed by atoms with Crippen molar-refractivity contribution in [2.75, 3.05) is 11.4 Å². The van der Waals surface area contributed by atoms with Crippen LogP contribution in [0.1, 0.15) is 53.4 Å². The van der Waals surface area contributed by atoms with Gasteiger partial charge in [0, 0.05) is 17.3 Å². The lowest BCUT2D eigenvalue weighted by atomic mass is 10.0. The molecule has 3 aromatic rings. The molecule has 0 unspecified atom stereocenters. The first-order valence-electron chi connectivity index (χ1n) is 11.7. The van der Waals surface area contributed by atoms with Gasteiger partial charge in [-0.25, -0.2) is 4.39 Å². The summed E-state index contributed by atoms with van der Waals surface area (Å²) in [6.45, 7) is 1.50. The zero-order valence-electron chi connectivity index (χ0n) is 19.5. The fraction of sp³-hybridized carbons (Fsp3) is 0.296. The van der Waals surface area contributed by atoms with Gasteiger partial charge in [0.15, 0.2) is 5.76 Å². The number of anilines is 1. The van der Waals surface area contributed by atoms with Crippen LogP contribution in [0.25, 0.3) is 0 Å². The number of hydrogen-bond donors (Lipinski definition) is 2. The standard InChI is InChI=1S/C27H28FN3O4/c1-18-12-14-20(15-13-18)31(24(32)17-29-26(33)23-11-6-16-35-23)25(21-9-4-5-10-22(21)28)27(34)30-19-7-2-3-8-19/h4-6,9-16,19,25H,2-3,7-8,17H2,1H3,(H,29,33)(H,30,34)/t25-/m1/s1. The second kappa shape index (κ2) is 11.0. The maximum absolute atomic E-state index is 15.0. The van der Waals surface area contributed by atoms with Crippen molar-refractivity contribution in [3.05, 3.63) is 89.6 Å². The highest BCUT2D eigenvalue weighted by Gasteiger charge is 2.36. The van der Waals surface area contributed by atoms with Crippen LogP contribution in [0, 0.1) is 12.7 Å². The number of halogens is 1. The van der Waals surface area contributed by atoms with E-state index in [-0.39, 0.29) is 17.4 Å². The minimum Gasteiger partial charge on any atom is -0.459 e. The van der Waals surface area contributed by atoms with E-state index >= 15 is 4.39 Å². The Balaban J connectivity index is 1.69. The van der Waals surface area contributed by atoms with Gasteiger partial charge in [-0.15, -0.1) is 0 Å². The zero-order chi connectivity index (χ0) is 24.8. The third-order valence-electron chi connectivity index (χ3n) is 6.13. The summed E-state index contributed by atoms with van der Waals surface area (Å²) in [6.07, 6.45) is 5.06. The molecule has 1 atom stereocenters. The smallest absolute Gasteiger partial charge is 0.287 e. The second-order valence-electron chi connectivity index (χ2n) is 8.67. The van der Waals surface area contributed by atoms with E-state index in [2.05, 4.69) is 10.6 Å². The highest BCUT2D eigenvalue weighted by atomic mass is 19.1. The van der Waals surface area contributed by atoms with Crippen molar-refractivity contribution in [1.29, 1.82) is 0 Å². The van der Waals surface area contributed by atoms with E-state index in [1.807, 2.05) is 19.1 Å². The summed E-state index contributed by atoms with van der Waals surface area (Å²) in [7, 11) is 0. The lowest BCUT2D eigenvalue weighted by Gasteiger charge is -2.32. The van der Waals surface area contributed by atoms with Crippen molar-refractivity contribution in [1.82, 2.24) is 10.6 Å². The summed E-state index contributed by atoms with van der Waals surface area (Å²) >= 11 is 0. The van der Waals surface area contributed by atoms with E-state index in [0.717, 1.165) is 31.2 Å². The summed E-state index contributed by atoms with van der Waals surface area (Å²) in [5.41, 5.74) is 1.46. The maximum atomic E-state index is 15.0. The molecular weight excluding hydrogens is 449 g/mol. The molecule has 0 aliphatic heterocycles. The molecular formula is C27H28FN3O4. The van der Waals surface area contributed by atoms with Crippen molar-refractivity contribution in [3.63, 3.8) is 0 Å². The number of nitrogens with zero attached hydrogens (tertiary/aromatic N) is 1. The van der Waals surface area contributed by atoms with Gasteiger partial charge in [-0.1, -0.05) is 48.7 Å². The lowest BCUT2D eigenvalue weighted by Crippen LogP contribution is -2.49. The normalized spacial score (nSPS) is 14.3. The monoisotopic (exact) mass is 477 g/mol. The summed E-state index contributed by atoms with van der Waals surface area (Å²) in [5.74, 6) is -2.13. The average Bonchev–Trinajstić information content (AvgIpc) is 3.57. The van der Waals surface area contributed by atoms with Crippen molar-refractivity contribution in [2.24, 2.45) is 0 Å². The molecule has 4 rings (SSSR count). The predicted molar refractivity (Wildman–Crippen MR) is 129 cm³/mol. The first kappa shape index (κ1) is 24.2. The highest BCUT2D eigenvalue weighted by molar-refractivity contribution is 6.04. The predicted octanol–water partition coefficient (Wildman–Crippen LogP) is 4.29. The zero-order valence-corrected chi connectivity index (χ0v) is 19.5. The summed E-state index contributed by atoms with van der Waals surface area (Å²) in [6, 6.07) is 14.7. The van der Waals surface area contributed by atoms with Gasteiger partial charge >= 0.3 is 0 Å². The number of nitrogens with one attached hydrogen (secondary N) is 2. The molecule has 3 amide bonds. The molecule has 8 heteroatoms. The third-order valence-corrected chi connectivity index (χ3v) is 6.13. The van der Waals surface area contributed by atoms with Crippen molar-refractivity contribution < 1.29 is 23.2 Å². The summed E-state index contributed by atoms with van der Waals surface area (Å²) in [5, 5.41) is 5.54. The van der Waals surface area contributed by atoms with Crippen LogP contribution in [0.4, 0.5) is 10.1 Å².